The van der Waals surface area contributed by atoms with Gasteiger partial charge in [-0.1, -0.05) is 11.6 Å². The Morgan fingerprint density at radius 3 is 3.18 bits per heavy atom. The molecule has 3 nitrogen and oxygen atoms in total. The molecule has 0 aliphatic rings. The van der Waals surface area contributed by atoms with Gasteiger partial charge in [0, 0.05) is 12.1 Å². The van der Waals surface area contributed by atoms with Crippen molar-refractivity contribution in [1.29, 1.82) is 0 Å². The molecule has 2 aromatic rings. The molecule has 2 heterocycles. The maximum absolute atomic E-state index is 5.70. The highest BCUT2D eigenvalue weighted by Crippen LogP contribution is 2.15. The van der Waals surface area contributed by atoms with Crippen LogP contribution in [-0.4, -0.2) is 14.6 Å². The lowest BCUT2D eigenvalue weighted by atomic mass is 10.6. The van der Waals surface area contributed by atoms with Crippen molar-refractivity contribution in [3.8, 4) is 0 Å². The van der Waals surface area contributed by atoms with Crippen molar-refractivity contribution < 1.29 is 0 Å². The Kier molecular flexibility index (Phi) is 1.58. The van der Waals surface area contributed by atoms with Gasteiger partial charge in [-0.05, 0) is 15.9 Å². The fraction of sp³-hybridized carbons (Fsp3) is 0. The Morgan fingerprint density at radius 2 is 2.36 bits per heavy atom. The van der Waals surface area contributed by atoms with E-state index in [1.54, 1.807) is 22.8 Å². The van der Waals surface area contributed by atoms with Gasteiger partial charge in [0.15, 0.2) is 5.65 Å². The standard InChI is InChI=1S/C6H3BrClN3/c7-4-3-5(8)10-6-1-2-9-11(4)6/h1-3H. The zero-order chi connectivity index (χ0) is 7.84. The molecule has 0 aliphatic carbocycles. The molecule has 0 radical (unpaired) electrons. The Hall–Kier alpha value is -0.610. The first-order valence-electron chi connectivity index (χ1n) is 2.93. The quantitative estimate of drug-likeness (QED) is 0.652. The molecule has 0 aliphatic heterocycles. The minimum absolute atomic E-state index is 0.463. The number of hydrogen-bond acceptors (Lipinski definition) is 2. The van der Waals surface area contributed by atoms with Crippen molar-refractivity contribution >= 4 is 33.2 Å². The molecule has 2 rings (SSSR count). The Balaban J connectivity index is 2.91. The van der Waals surface area contributed by atoms with Crippen LogP contribution < -0.4 is 0 Å². The van der Waals surface area contributed by atoms with Gasteiger partial charge in [-0.15, -0.1) is 0 Å². The van der Waals surface area contributed by atoms with E-state index in [-0.39, 0.29) is 0 Å². The van der Waals surface area contributed by atoms with Crippen molar-refractivity contribution in [3.05, 3.63) is 28.1 Å². The summed E-state index contributed by atoms with van der Waals surface area (Å²) in [5.41, 5.74) is 0.740. The highest BCUT2D eigenvalue weighted by Gasteiger charge is 2.00. The first kappa shape index (κ1) is 7.06. The van der Waals surface area contributed by atoms with Gasteiger partial charge in [-0.2, -0.15) is 5.10 Å². The van der Waals surface area contributed by atoms with Crippen LogP contribution in [0.15, 0.2) is 22.9 Å². The maximum Gasteiger partial charge on any atom is 0.157 e. The number of fused-ring (bicyclic) bond motifs is 1. The second-order valence-corrected chi connectivity index (χ2v) is 3.20. The van der Waals surface area contributed by atoms with Crippen LogP contribution in [0.3, 0.4) is 0 Å². The van der Waals surface area contributed by atoms with Crippen molar-refractivity contribution in [2.24, 2.45) is 0 Å². The summed E-state index contributed by atoms with van der Waals surface area (Å²) in [6.07, 6.45) is 1.67. The predicted molar refractivity (Wildman–Crippen MR) is 45.7 cm³/mol. The number of hydrogen-bond donors (Lipinski definition) is 0. The molecule has 11 heavy (non-hydrogen) atoms. The van der Waals surface area contributed by atoms with Crippen molar-refractivity contribution in [2.75, 3.05) is 0 Å². The zero-order valence-electron chi connectivity index (χ0n) is 5.33. The second kappa shape index (κ2) is 2.46. The SMILES string of the molecule is Clc1cc(Br)n2nccc2n1. The summed E-state index contributed by atoms with van der Waals surface area (Å²) in [4.78, 5) is 4.03. The van der Waals surface area contributed by atoms with Crippen LogP contribution in [0.4, 0.5) is 0 Å². The lowest BCUT2D eigenvalue weighted by Gasteiger charge is -1.95. The molecule has 0 atom stereocenters. The molecule has 5 heteroatoms. The molecule has 0 N–H and O–H groups in total. The van der Waals surface area contributed by atoms with E-state index in [0.717, 1.165) is 10.3 Å². The van der Waals surface area contributed by atoms with Crippen LogP contribution in [0.2, 0.25) is 5.15 Å². The van der Waals surface area contributed by atoms with Gasteiger partial charge in [0.2, 0.25) is 0 Å². The normalized spacial score (nSPS) is 10.7. The lowest BCUT2D eigenvalue weighted by Crippen LogP contribution is -1.91. The molecule has 0 bridgehead atoms. The first-order valence-corrected chi connectivity index (χ1v) is 4.10. The minimum atomic E-state index is 0.463. The van der Waals surface area contributed by atoms with E-state index < -0.39 is 0 Å². The molecular weight excluding hydrogens is 229 g/mol. The van der Waals surface area contributed by atoms with Crippen LogP contribution in [0, 0.1) is 0 Å². The largest absolute Gasteiger partial charge is 0.217 e. The van der Waals surface area contributed by atoms with Gasteiger partial charge in [-0.3, -0.25) is 0 Å². The minimum Gasteiger partial charge on any atom is -0.217 e. The van der Waals surface area contributed by atoms with Gasteiger partial charge >= 0.3 is 0 Å². The van der Waals surface area contributed by atoms with Crippen LogP contribution >= 0.6 is 27.5 Å². The fourth-order valence-electron chi connectivity index (χ4n) is 0.847. The van der Waals surface area contributed by atoms with Gasteiger partial charge in [0.05, 0.1) is 6.20 Å². The molecule has 0 saturated carbocycles. The summed E-state index contributed by atoms with van der Waals surface area (Å²) < 4.78 is 2.46. The van der Waals surface area contributed by atoms with E-state index >= 15 is 0 Å². The van der Waals surface area contributed by atoms with Crippen LogP contribution in [0.1, 0.15) is 0 Å². The highest BCUT2D eigenvalue weighted by atomic mass is 79.9. The molecular formula is C6H3BrClN3. The summed E-state index contributed by atoms with van der Waals surface area (Å²) in [6, 6.07) is 3.48. The van der Waals surface area contributed by atoms with Crippen LogP contribution in [0.25, 0.3) is 5.65 Å². The lowest BCUT2D eigenvalue weighted by molar-refractivity contribution is 0.914. The van der Waals surface area contributed by atoms with E-state index in [1.807, 2.05) is 0 Å². The average Bonchev–Trinajstić information content (AvgIpc) is 2.34. The first-order chi connectivity index (χ1) is 5.27. The third kappa shape index (κ3) is 1.12. The molecule has 0 fully saturated rings. The molecule has 0 spiro atoms. The van der Waals surface area contributed by atoms with Crippen molar-refractivity contribution in [1.82, 2.24) is 14.6 Å². The van der Waals surface area contributed by atoms with Gasteiger partial charge in [0.1, 0.15) is 9.76 Å². The number of rotatable bonds is 0. The summed E-state index contributed by atoms with van der Waals surface area (Å²) in [5.74, 6) is 0. The smallest absolute Gasteiger partial charge is 0.157 e. The van der Waals surface area contributed by atoms with Gasteiger partial charge < -0.3 is 0 Å². The van der Waals surface area contributed by atoms with E-state index in [1.165, 1.54) is 0 Å². The van der Waals surface area contributed by atoms with E-state index in [0.29, 0.717) is 5.15 Å². The van der Waals surface area contributed by atoms with Gasteiger partial charge in [-0.25, -0.2) is 9.50 Å². The third-order valence-corrected chi connectivity index (χ3v) is 2.04. The summed E-state index contributed by atoms with van der Waals surface area (Å²) >= 11 is 9.00. The molecule has 0 unspecified atom stereocenters. The zero-order valence-corrected chi connectivity index (χ0v) is 7.67. The Labute approximate surface area is 76.1 Å². The van der Waals surface area contributed by atoms with Crippen LogP contribution in [0.5, 0.6) is 0 Å². The summed E-state index contributed by atoms with van der Waals surface area (Å²) in [7, 11) is 0. The fourth-order valence-corrected chi connectivity index (χ4v) is 1.66. The average molecular weight is 232 g/mol. The van der Waals surface area contributed by atoms with Crippen LogP contribution in [-0.2, 0) is 0 Å². The monoisotopic (exact) mass is 231 g/mol. The van der Waals surface area contributed by atoms with Crippen molar-refractivity contribution in [2.45, 2.75) is 0 Å². The van der Waals surface area contributed by atoms with Crippen molar-refractivity contribution in [3.63, 3.8) is 0 Å². The molecule has 56 valence electrons. The van der Waals surface area contributed by atoms with E-state index in [4.69, 9.17) is 11.6 Å². The highest BCUT2D eigenvalue weighted by molar-refractivity contribution is 9.10. The second-order valence-electron chi connectivity index (χ2n) is 2.00. The molecule has 0 aromatic carbocycles. The van der Waals surface area contributed by atoms with Gasteiger partial charge in [0.25, 0.3) is 0 Å². The Morgan fingerprint density at radius 1 is 1.55 bits per heavy atom. The number of nitrogens with zero attached hydrogens (tertiary/aromatic N) is 3. The molecule has 2 aromatic heterocycles. The summed E-state index contributed by atoms with van der Waals surface area (Å²) in [5, 5.41) is 4.47. The molecule has 0 amide bonds. The molecule has 0 saturated heterocycles. The Bertz CT molecular complexity index is 398. The predicted octanol–water partition coefficient (Wildman–Crippen LogP) is 2.15. The number of aromatic nitrogens is 3. The van der Waals surface area contributed by atoms with E-state index in [2.05, 4.69) is 26.0 Å². The maximum atomic E-state index is 5.70. The topological polar surface area (TPSA) is 30.2 Å². The van der Waals surface area contributed by atoms with E-state index in [9.17, 15) is 0 Å². The third-order valence-electron chi connectivity index (χ3n) is 1.28. The number of halogens is 2. The summed E-state index contributed by atoms with van der Waals surface area (Å²) in [6.45, 7) is 0.